The van der Waals surface area contributed by atoms with E-state index in [0.29, 0.717) is 10.7 Å². The van der Waals surface area contributed by atoms with Gasteiger partial charge in [-0.1, -0.05) is 29.5 Å². The van der Waals surface area contributed by atoms with Crippen molar-refractivity contribution in [3.63, 3.8) is 0 Å². The number of rotatable bonds is 3. The lowest BCUT2D eigenvalue weighted by molar-refractivity contribution is 0.0692. The predicted octanol–water partition coefficient (Wildman–Crippen LogP) is 3.13. The predicted molar refractivity (Wildman–Crippen MR) is 75.6 cm³/mol. The van der Waals surface area contributed by atoms with E-state index in [9.17, 15) is 9.90 Å². The van der Waals surface area contributed by atoms with Crippen molar-refractivity contribution in [3.8, 4) is 0 Å². The maximum Gasteiger partial charge on any atom is 0.338 e. The highest BCUT2D eigenvalue weighted by Gasteiger charge is 2.14. The fraction of sp³-hybridized carbons (Fsp3) is 0.143. The summed E-state index contributed by atoms with van der Waals surface area (Å²) in [6.45, 7) is 4.01. The molecule has 0 aliphatic heterocycles. The van der Waals surface area contributed by atoms with Gasteiger partial charge in [-0.3, -0.25) is 0 Å². The molecule has 3 N–H and O–H groups in total. The standard InChI is InChI=1S/C14H14N2O2S/c1-8-3-4-12(9(2)5-8)19-13-11(14(17)18)6-10(15)7-16-13/h3-7H,15H2,1-2H3,(H,17,18). The third-order valence-electron chi connectivity index (χ3n) is 2.64. The highest BCUT2D eigenvalue weighted by atomic mass is 32.2. The molecule has 0 amide bonds. The Labute approximate surface area is 115 Å². The van der Waals surface area contributed by atoms with Gasteiger partial charge >= 0.3 is 5.97 Å². The van der Waals surface area contributed by atoms with Crippen LogP contribution in [-0.4, -0.2) is 16.1 Å². The monoisotopic (exact) mass is 274 g/mol. The fourth-order valence-corrected chi connectivity index (χ4v) is 2.65. The van der Waals surface area contributed by atoms with Crippen LogP contribution in [0.1, 0.15) is 21.5 Å². The van der Waals surface area contributed by atoms with E-state index in [1.807, 2.05) is 26.0 Å². The number of nitrogens with zero attached hydrogens (tertiary/aromatic N) is 1. The second kappa shape index (κ2) is 5.32. The Bertz CT molecular complexity index is 641. The molecule has 19 heavy (non-hydrogen) atoms. The number of pyridine rings is 1. The number of aryl methyl sites for hydroxylation is 2. The first-order valence-electron chi connectivity index (χ1n) is 5.71. The average molecular weight is 274 g/mol. The van der Waals surface area contributed by atoms with Crippen molar-refractivity contribution < 1.29 is 9.90 Å². The number of carboxylic acids is 1. The van der Waals surface area contributed by atoms with Crippen molar-refractivity contribution in [2.24, 2.45) is 0 Å². The summed E-state index contributed by atoms with van der Waals surface area (Å²) in [5.74, 6) is -1.02. The molecule has 1 heterocycles. The van der Waals surface area contributed by atoms with E-state index in [1.165, 1.54) is 29.6 Å². The molecular formula is C14H14N2O2S. The Hall–Kier alpha value is -2.01. The third kappa shape index (κ3) is 3.06. The SMILES string of the molecule is Cc1ccc(Sc2ncc(N)cc2C(=O)O)c(C)c1. The molecule has 0 fully saturated rings. The van der Waals surface area contributed by atoms with Crippen molar-refractivity contribution >= 4 is 23.4 Å². The van der Waals surface area contributed by atoms with Crippen molar-refractivity contribution in [1.29, 1.82) is 0 Å². The van der Waals surface area contributed by atoms with Crippen LogP contribution in [0.5, 0.6) is 0 Å². The second-order valence-corrected chi connectivity index (χ2v) is 5.33. The first kappa shape index (κ1) is 13.4. The molecule has 4 nitrogen and oxygen atoms in total. The molecule has 2 aromatic rings. The highest BCUT2D eigenvalue weighted by molar-refractivity contribution is 7.99. The molecule has 0 spiro atoms. The molecule has 0 saturated heterocycles. The lowest BCUT2D eigenvalue weighted by Crippen LogP contribution is -2.02. The smallest absolute Gasteiger partial charge is 0.338 e. The molecule has 0 aliphatic rings. The number of aromatic nitrogens is 1. The zero-order valence-electron chi connectivity index (χ0n) is 10.7. The van der Waals surface area contributed by atoms with Gasteiger partial charge in [0.1, 0.15) is 5.03 Å². The van der Waals surface area contributed by atoms with Crippen LogP contribution >= 0.6 is 11.8 Å². The number of nitrogen functional groups attached to an aromatic ring is 1. The number of aromatic carboxylic acids is 1. The Kier molecular flexibility index (Phi) is 3.76. The minimum absolute atomic E-state index is 0.130. The number of nitrogens with two attached hydrogens (primary N) is 1. The van der Waals surface area contributed by atoms with E-state index >= 15 is 0 Å². The zero-order valence-corrected chi connectivity index (χ0v) is 11.5. The van der Waals surface area contributed by atoms with Crippen molar-refractivity contribution in [1.82, 2.24) is 4.98 Å². The molecule has 5 heteroatoms. The third-order valence-corrected chi connectivity index (χ3v) is 3.84. The Morgan fingerprint density at radius 2 is 2.05 bits per heavy atom. The van der Waals surface area contributed by atoms with Gasteiger partial charge in [-0.2, -0.15) is 0 Å². The van der Waals surface area contributed by atoms with Crippen LogP contribution in [0.25, 0.3) is 0 Å². The molecule has 2 rings (SSSR count). The molecule has 1 aromatic heterocycles. The maximum atomic E-state index is 11.2. The van der Waals surface area contributed by atoms with E-state index in [-0.39, 0.29) is 5.56 Å². The molecule has 0 bridgehead atoms. The van der Waals surface area contributed by atoms with Gasteiger partial charge in [-0.25, -0.2) is 9.78 Å². The van der Waals surface area contributed by atoms with Gasteiger partial charge in [-0.05, 0) is 31.5 Å². The number of benzene rings is 1. The summed E-state index contributed by atoms with van der Waals surface area (Å²) in [5.41, 5.74) is 8.32. The summed E-state index contributed by atoms with van der Waals surface area (Å²) < 4.78 is 0. The van der Waals surface area contributed by atoms with Crippen molar-refractivity contribution in [2.75, 3.05) is 5.73 Å². The van der Waals surface area contributed by atoms with Gasteiger partial charge in [0.05, 0.1) is 17.4 Å². The summed E-state index contributed by atoms with van der Waals surface area (Å²) in [6.07, 6.45) is 1.47. The normalized spacial score (nSPS) is 10.4. The quantitative estimate of drug-likeness (QED) is 0.899. The minimum atomic E-state index is -1.02. The molecule has 0 radical (unpaired) electrons. The summed E-state index contributed by atoms with van der Waals surface area (Å²) in [7, 11) is 0. The number of hydrogen-bond donors (Lipinski definition) is 2. The number of hydrogen-bond acceptors (Lipinski definition) is 4. The lowest BCUT2D eigenvalue weighted by Gasteiger charge is -2.08. The van der Waals surface area contributed by atoms with Crippen LogP contribution in [0.4, 0.5) is 5.69 Å². The van der Waals surface area contributed by atoms with E-state index in [0.717, 1.165) is 10.5 Å². The van der Waals surface area contributed by atoms with E-state index in [1.54, 1.807) is 0 Å². The van der Waals surface area contributed by atoms with Gasteiger partial charge in [0.25, 0.3) is 0 Å². The Balaban J connectivity index is 2.40. The van der Waals surface area contributed by atoms with Crippen LogP contribution in [0.15, 0.2) is 40.4 Å². The van der Waals surface area contributed by atoms with Crippen LogP contribution < -0.4 is 5.73 Å². The molecule has 1 aromatic carbocycles. The summed E-state index contributed by atoms with van der Waals surface area (Å²) in [5, 5.41) is 9.63. The van der Waals surface area contributed by atoms with Crippen LogP contribution in [0, 0.1) is 13.8 Å². The lowest BCUT2D eigenvalue weighted by atomic mass is 10.2. The fourth-order valence-electron chi connectivity index (χ4n) is 1.72. The Morgan fingerprint density at radius 1 is 1.32 bits per heavy atom. The Morgan fingerprint density at radius 3 is 2.68 bits per heavy atom. The van der Waals surface area contributed by atoms with Gasteiger partial charge in [0.2, 0.25) is 0 Å². The number of carboxylic acid groups (broad SMARTS) is 1. The highest BCUT2D eigenvalue weighted by Crippen LogP contribution is 2.32. The molecule has 0 saturated carbocycles. The van der Waals surface area contributed by atoms with Crippen LogP contribution in [0.3, 0.4) is 0 Å². The topological polar surface area (TPSA) is 76.2 Å². The van der Waals surface area contributed by atoms with Gasteiger partial charge in [0.15, 0.2) is 0 Å². The maximum absolute atomic E-state index is 11.2. The molecule has 0 atom stereocenters. The summed E-state index contributed by atoms with van der Waals surface area (Å²) in [6, 6.07) is 7.45. The van der Waals surface area contributed by atoms with E-state index in [2.05, 4.69) is 11.1 Å². The van der Waals surface area contributed by atoms with Gasteiger partial charge in [0, 0.05) is 4.90 Å². The first-order valence-corrected chi connectivity index (χ1v) is 6.53. The molecular weight excluding hydrogens is 260 g/mol. The average Bonchev–Trinajstić information content (AvgIpc) is 2.34. The minimum Gasteiger partial charge on any atom is -0.478 e. The zero-order chi connectivity index (χ0) is 14.0. The number of anilines is 1. The molecule has 0 unspecified atom stereocenters. The van der Waals surface area contributed by atoms with Crippen molar-refractivity contribution in [2.45, 2.75) is 23.8 Å². The second-order valence-electron chi connectivity index (χ2n) is 4.30. The number of carbonyl (C=O) groups is 1. The van der Waals surface area contributed by atoms with Crippen LogP contribution in [-0.2, 0) is 0 Å². The van der Waals surface area contributed by atoms with Crippen LogP contribution in [0.2, 0.25) is 0 Å². The molecule has 98 valence electrons. The van der Waals surface area contributed by atoms with Gasteiger partial charge in [-0.15, -0.1) is 0 Å². The van der Waals surface area contributed by atoms with Crippen molar-refractivity contribution in [3.05, 3.63) is 47.2 Å². The molecule has 0 aliphatic carbocycles. The summed E-state index contributed by atoms with van der Waals surface area (Å²) >= 11 is 1.34. The summed E-state index contributed by atoms with van der Waals surface area (Å²) in [4.78, 5) is 16.3. The van der Waals surface area contributed by atoms with E-state index < -0.39 is 5.97 Å². The van der Waals surface area contributed by atoms with Gasteiger partial charge < -0.3 is 10.8 Å². The first-order chi connectivity index (χ1) is 8.97. The van der Waals surface area contributed by atoms with E-state index in [4.69, 9.17) is 5.73 Å². The largest absolute Gasteiger partial charge is 0.478 e.